The molecule has 1 spiro atoms. The highest BCUT2D eigenvalue weighted by molar-refractivity contribution is 5.75. The Kier molecular flexibility index (Phi) is 4.12. The van der Waals surface area contributed by atoms with Crippen LogP contribution in [0.25, 0.3) is 0 Å². The molecule has 1 saturated carbocycles. The summed E-state index contributed by atoms with van der Waals surface area (Å²) in [4.78, 5) is 11.3. The topological polar surface area (TPSA) is 77.4 Å². The SMILES string of the molecule is CNC(=O)Cn1cc(NC2CCC3(CC2)OCCO3)cn1. The summed E-state index contributed by atoms with van der Waals surface area (Å²) in [7, 11) is 1.62. The molecule has 1 saturated heterocycles. The first-order valence-corrected chi connectivity index (χ1v) is 7.47. The number of ether oxygens (including phenoxy) is 2. The quantitative estimate of drug-likeness (QED) is 0.856. The Morgan fingerprint density at radius 3 is 2.81 bits per heavy atom. The van der Waals surface area contributed by atoms with E-state index in [0.717, 1.165) is 31.4 Å². The zero-order valence-corrected chi connectivity index (χ0v) is 12.3. The molecule has 2 N–H and O–H groups in total. The van der Waals surface area contributed by atoms with Gasteiger partial charge >= 0.3 is 0 Å². The smallest absolute Gasteiger partial charge is 0.241 e. The maximum Gasteiger partial charge on any atom is 0.241 e. The minimum absolute atomic E-state index is 0.0558. The van der Waals surface area contributed by atoms with Crippen molar-refractivity contribution in [3.63, 3.8) is 0 Å². The van der Waals surface area contributed by atoms with Crippen LogP contribution in [-0.2, 0) is 20.8 Å². The van der Waals surface area contributed by atoms with Crippen molar-refractivity contribution < 1.29 is 14.3 Å². The van der Waals surface area contributed by atoms with Crippen LogP contribution in [0, 0.1) is 0 Å². The lowest BCUT2D eigenvalue weighted by molar-refractivity contribution is -0.177. The number of hydrogen-bond donors (Lipinski definition) is 2. The van der Waals surface area contributed by atoms with Crippen molar-refractivity contribution in [1.29, 1.82) is 0 Å². The van der Waals surface area contributed by atoms with E-state index in [1.807, 2.05) is 6.20 Å². The number of amides is 1. The van der Waals surface area contributed by atoms with E-state index in [0.29, 0.717) is 19.3 Å². The van der Waals surface area contributed by atoms with Gasteiger partial charge in [0.2, 0.25) is 5.91 Å². The van der Waals surface area contributed by atoms with Gasteiger partial charge in [-0.2, -0.15) is 5.10 Å². The highest BCUT2D eigenvalue weighted by Gasteiger charge is 2.40. The summed E-state index contributed by atoms with van der Waals surface area (Å²) in [5, 5.41) is 10.2. The van der Waals surface area contributed by atoms with Gasteiger partial charge in [-0.25, -0.2) is 0 Å². The van der Waals surface area contributed by atoms with Gasteiger partial charge in [-0.1, -0.05) is 0 Å². The van der Waals surface area contributed by atoms with Crippen LogP contribution in [0.4, 0.5) is 5.69 Å². The Labute approximate surface area is 124 Å². The summed E-state index contributed by atoms with van der Waals surface area (Å²) >= 11 is 0. The van der Waals surface area contributed by atoms with Crippen molar-refractivity contribution in [3.8, 4) is 0 Å². The Bertz CT molecular complexity index is 486. The lowest BCUT2D eigenvalue weighted by Crippen LogP contribution is -2.39. The second-order valence-electron chi connectivity index (χ2n) is 5.63. The molecule has 3 rings (SSSR count). The van der Waals surface area contributed by atoms with Gasteiger partial charge in [0.15, 0.2) is 5.79 Å². The normalized spacial score (nSPS) is 21.6. The monoisotopic (exact) mass is 294 g/mol. The van der Waals surface area contributed by atoms with Gasteiger partial charge in [-0.05, 0) is 12.8 Å². The van der Waals surface area contributed by atoms with E-state index in [1.54, 1.807) is 17.9 Å². The molecule has 0 bridgehead atoms. The molecule has 0 radical (unpaired) electrons. The van der Waals surface area contributed by atoms with Gasteiger partial charge in [0.1, 0.15) is 6.54 Å². The first-order chi connectivity index (χ1) is 10.2. The molecule has 1 aromatic heterocycles. The zero-order chi connectivity index (χ0) is 14.7. The first-order valence-electron chi connectivity index (χ1n) is 7.47. The van der Waals surface area contributed by atoms with Crippen LogP contribution < -0.4 is 10.6 Å². The number of rotatable bonds is 4. The van der Waals surface area contributed by atoms with Crippen molar-refractivity contribution in [1.82, 2.24) is 15.1 Å². The van der Waals surface area contributed by atoms with Crippen LogP contribution in [-0.4, -0.2) is 47.8 Å². The van der Waals surface area contributed by atoms with Crippen molar-refractivity contribution in [2.45, 2.75) is 44.1 Å². The van der Waals surface area contributed by atoms with E-state index in [9.17, 15) is 4.79 Å². The van der Waals surface area contributed by atoms with Crippen molar-refractivity contribution in [3.05, 3.63) is 12.4 Å². The van der Waals surface area contributed by atoms with Gasteiger partial charge in [-0.3, -0.25) is 9.48 Å². The number of nitrogens with zero attached hydrogens (tertiary/aromatic N) is 2. The van der Waals surface area contributed by atoms with Crippen LogP contribution in [0.1, 0.15) is 25.7 Å². The third-order valence-electron chi connectivity index (χ3n) is 4.15. The van der Waals surface area contributed by atoms with Gasteiger partial charge in [-0.15, -0.1) is 0 Å². The van der Waals surface area contributed by atoms with Crippen LogP contribution in [0.5, 0.6) is 0 Å². The molecule has 1 aliphatic heterocycles. The minimum Gasteiger partial charge on any atom is -0.380 e. The van der Waals surface area contributed by atoms with Crippen LogP contribution in [0.3, 0.4) is 0 Å². The Morgan fingerprint density at radius 1 is 1.43 bits per heavy atom. The van der Waals surface area contributed by atoms with Crippen LogP contribution >= 0.6 is 0 Å². The number of aromatic nitrogens is 2. The number of carbonyl (C=O) groups is 1. The van der Waals surface area contributed by atoms with Gasteiger partial charge in [0.05, 0.1) is 25.1 Å². The first kappa shape index (κ1) is 14.3. The Morgan fingerprint density at radius 2 is 2.14 bits per heavy atom. The van der Waals surface area contributed by atoms with E-state index < -0.39 is 0 Å². The maximum absolute atomic E-state index is 11.3. The van der Waals surface area contributed by atoms with E-state index in [-0.39, 0.29) is 18.2 Å². The largest absolute Gasteiger partial charge is 0.380 e. The maximum atomic E-state index is 11.3. The highest BCUT2D eigenvalue weighted by Crippen LogP contribution is 2.36. The summed E-state index contributed by atoms with van der Waals surface area (Å²) in [6.45, 7) is 1.67. The van der Waals surface area contributed by atoms with E-state index in [1.165, 1.54) is 0 Å². The van der Waals surface area contributed by atoms with E-state index >= 15 is 0 Å². The zero-order valence-electron chi connectivity index (χ0n) is 12.3. The summed E-state index contributed by atoms with van der Waals surface area (Å²) < 4.78 is 13.1. The lowest BCUT2D eigenvalue weighted by atomic mass is 9.90. The number of carbonyl (C=O) groups excluding carboxylic acids is 1. The molecule has 0 unspecified atom stereocenters. The molecule has 7 heteroatoms. The summed E-state index contributed by atoms with van der Waals surface area (Å²) in [5.74, 6) is -0.374. The fourth-order valence-corrected chi connectivity index (χ4v) is 2.97. The molecule has 0 aromatic carbocycles. The van der Waals surface area contributed by atoms with E-state index in [2.05, 4.69) is 15.7 Å². The molecule has 1 aromatic rings. The van der Waals surface area contributed by atoms with Crippen molar-refractivity contribution in [2.24, 2.45) is 0 Å². The third-order valence-corrected chi connectivity index (χ3v) is 4.15. The molecule has 7 nitrogen and oxygen atoms in total. The molecule has 116 valence electrons. The van der Waals surface area contributed by atoms with Crippen LogP contribution in [0.2, 0.25) is 0 Å². The fraction of sp³-hybridized carbons (Fsp3) is 0.714. The van der Waals surface area contributed by atoms with Gasteiger partial charge in [0, 0.05) is 32.1 Å². The Hall–Kier alpha value is -1.60. The molecule has 21 heavy (non-hydrogen) atoms. The van der Waals surface area contributed by atoms with Crippen LogP contribution in [0.15, 0.2) is 12.4 Å². The molecular weight excluding hydrogens is 272 g/mol. The predicted molar refractivity (Wildman–Crippen MR) is 76.8 cm³/mol. The number of likely N-dealkylation sites (N-methyl/N-ethyl adjacent to an activating group) is 1. The molecule has 1 amide bonds. The van der Waals surface area contributed by atoms with Crippen molar-refractivity contribution >= 4 is 11.6 Å². The standard InChI is InChI=1S/C14H22N4O3/c1-15-13(19)10-18-9-12(8-16-18)17-11-2-4-14(5-3-11)20-6-7-21-14/h8-9,11,17H,2-7,10H2,1H3,(H,15,19). The lowest BCUT2D eigenvalue weighted by Gasteiger charge is -2.35. The highest BCUT2D eigenvalue weighted by atomic mass is 16.7. The number of nitrogens with one attached hydrogen (secondary N) is 2. The predicted octanol–water partition coefficient (Wildman–Crippen LogP) is 0.727. The summed E-state index contributed by atoms with van der Waals surface area (Å²) in [5.41, 5.74) is 0.952. The Balaban J connectivity index is 1.50. The van der Waals surface area contributed by atoms with Gasteiger partial charge in [0.25, 0.3) is 0 Å². The average Bonchev–Trinajstić information content (AvgIpc) is 3.12. The molecule has 2 fully saturated rings. The molecular formula is C14H22N4O3. The summed E-state index contributed by atoms with van der Waals surface area (Å²) in [6.07, 6.45) is 7.51. The van der Waals surface area contributed by atoms with Gasteiger partial charge < -0.3 is 20.1 Å². The molecule has 2 heterocycles. The van der Waals surface area contributed by atoms with E-state index in [4.69, 9.17) is 9.47 Å². The molecule has 1 aliphatic carbocycles. The fourth-order valence-electron chi connectivity index (χ4n) is 2.97. The minimum atomic E-state index is -0.318. The molecule has 0 atom stereocenters. The van der Waals surface area contributed by atoms with Crippen molar-refractivity contribution in [2.75, 3.05) is 25.6 Å². The average molecular weight is 294 g/mol. The second kappa shape index (κ2) is 6.03. The number of hydrogen-bond acceptors (Lipinski definition) is 5. The number of anilines is 1. The molecule has 2 aliphatic rings. The second-order valence-corrected chi connectivity index (χ2v) is 5.63. The third kappa shape index (κ3) is 3.36. The summed E-state index contributed by atoms with van der Waals surface area (Å²) in [6, 6.07) is 0.404.